The van der Waals surface area contributed by atoms with Gasteiger partial charge in [0.1, 0.15) is 0 Å². The average Bonchev–Trinajstić information content (AvgIpc) is 3.11. The Morgan fingerprint density at radius 1 is 1.42 bits per heavy atom. The van der Waals surface area contributed by atoms with Crippen molar-refractivity contribution < 1.29 is 4.79 Å². The van der Waals surface area contributed by atoms with E-state index in [1.54, 1.807) is 17.4 Å². The number of carbonyl (C=O) groups excluding carboxylic acids is 1. The molecule has 0 aliphatic rings. The Bertz CT molecular complexity index is 731. The van der Waals surface area contributed by atoms with E-state index in [9.17, 15) is 4.79 Å². The third-order valence-electron chi connectivity index (χ3n) is 3.16. The molecule has 0 bridgehead atoms. The summed E-state index contributed by atoms with van der Waals surface area (Å²) in [5.41, 5.74) is 8.31. The molecule has 2 rings (SSSR count). The smallest absolute Gasteiger partial charge is 0.213 e. The first-order chi connectivity index (χ1) is 11.7. The molecule has 0 saturated heterocycles. The third kappa shape index (κ3) is 5.21. The van der Waals surface area contributed by atoms with Crippen molar-refractivity contribution >= 4 is 23.7 Å². The summed E-state index contributed by atoms with van der Waals surface area (Å²) in [6.45, 7) is 6.01. The van der Waals surface area contributed by atoms with Gasteiger partial charge in [-0.2, -0.15) is 5.26 Å². The van der Waals surface area contributed by atoms with Crippen molar-refractivity contribution in [1.29, 1.82) is 5.26 Å². The van der Waals surface area contributed by atoms with Crippen molar-refractivity contribution in [3.05, 3.63) is 46.2 Å². The van der Waals surface area contributed by atoms with Gasteiger partial charge in [-0.25, -0.2) is 4.99 Å². The van der Waals surface area contributed by atoms with E-state index in [1.807, 2.05) is 50.4 Å². The normalized spacial score (nSPS) is 11.7. The van der Waals surface area contributed by atoms with Crippen molar-refractivity contribution in [2.24, 2.45) is 10.7 Å². The van der Waals surface area contributed by atoms with Gasteiger partial charge in [0.2, 0.25) is 6.41 Å². The zero-order valence-corrected chi connectivity index (χ0v) is 14.9. The summed E-state index contributed by atoms with van der Waals surface area (Å²) in [5.74, 6) is 0.114. The predicted octanol–water partition coefficient (Wildman–Crippen LogP) is 3.82. The molecule has 126 valence electrons. The summed E-state index contributed by atoms with van der Waals surface area (Å²) in [7, 11) is 0. The Morgan fingerprint density at radius 2 is 2.17 bits per heavy atom. The number of hydrogen-bond acceptors (Lipinski definition) is 4. The lowest BCUT2D eigenvalue weighted by molar-refractivity contribution is -0.108. The van der Waals surface area contributed by atoms with Gasteiger partial charge in [0, 0.05) is 4.88 Å². The van der Waals surface area contributed by atoms with Crippen LogP contribution in [-0.2, 0) is 4.79 Å². The van der Waals surface area contributed by atoms with E-state index in [0.717, 1.165) is 22.4 Å². The molecular formula is C18H22N4OS. The molecular weight excluding hydrogens is 320 g/mol. The Morgan fingerprint density at radius 3 is 2.79 bits per heavy atom. The highest BCUT2D eigenvalue weighted by molar-refractivity contribution is 7.10. The van der Waals surface area contributed by atoms with Crippen LogP contribution in [0.15, 0.2) is 40.7 Å². The number of hydrogen-bond donors (Lipinski definition) is 2. The van der Waals surface area contributed by atoms with Gasteiger partial charge in [0.05, 0.1) is 17.7 Å². The van der Waals surface area contributed by atoms with Crippen molar-refractivity contribution in [3.63, 3.8) is 0 Å². The first kappa shape index (κ1) is 19.4. The van der Waals surface area contributed by atoms with Gasteiger partial charge >= 0.3 is 0 Å². The number of guanidine groups is 1. The molecule has 1 unspecified atom stereocenters. The van der Waals surface area contributed by atoms with Gasteiger partial charge in [-0.05, 0) is 41.1 Å². The second-order valence-electron chi connectivity index (χ2n) is 4.63. The summed E-state index contributed by atoms with van der Waals surface area (Å²) in [6, 6.07) is 11.6. The number of nitrogens with zero attached hydrogens (tertiary/aromatic N) is 2. The highest BCUT2D eigenvalue weighted by Crippen LogP contribution is 2.32. The molecule has 1 amide bonds. The van der Waals surface area contributed by atoms with Crippen molar-refractivity contribution in [3.8, 4) is 17.2 Å². The number of nitriles is 1. The van der Waals surface area contributed by atoms with Crippen LogP contribution in [0.3, 0.4) is 0 Å². The first-order valence-corrected chi connectivity index (χ1v) is 8.68. The zero-order valence-electron chi connectivity index (χ0n) is 14.1. The van der Waals surface area contributed by atoms with E-state index < -0.39 is 0 Å². The molecule has 0 fully saturated rings. The monoisotopic (exact) mass is 342 g/mol. The van der Waals surface area contributed by atoms with E-state index in [4.69, 9.17) is 11.0 Å². The van der Waals surface area contributed by atoms with Crippen LogP contribution in [0.5, 0.6) is 0 Å². The van der Waals surface area contributed by atoms with Crippen LogP contribution in [0.1, 0.15) is 43.7 Å². The van der Waals surface area contributed by atoms with Gasteiger partial charge < -0.3 is 5.73 Å². The molecule has 1 atom stereocenters. The molecule has 1 aromatic heterocycles. The van der Waals surface area contributed by atoms with Gasteiger partial charge in [0.25, 0.3) is 0 Å². The quantitative estimate of drug-likeness (QED) is 0.491. The molecule has 5 nitrogen and oxygen atoms in total. The Kier molecular flexibility index (Phi) is 8.23. The lowest BCUT2D eigenvalue weighted by Gasteiger charge is -2.08. The second kappa shape index (κ2) is 10.2. The van der Waals surface area contributed by atoms with Crippen LogP contribution >= 0.6 is 11.3 Å². The highest BCUT2D eigenvalue weighted by Gasteiger charge is 2.12. The van der Waals surface area contributed by atoms with Crippen LogP contribution in [0, 0.1) is 11.3 Å². The summed E-state index contributed by atoms with van der Waals surface area (Å²) in [4.78, 5) is 15.7. The Hall–Kier alpha value is -2.65. The van der Waals surface area contributed by atoms with Crippen molar-refractivity contribution in [2.75, 3.05) is 0 Å². The highest BCUT2D eigenvalue weighted by atomic mass is 32.1. The fraction of sp³-hybridized carbons (Fsp3) is 0.278. The van der Waals surface area contributed by atoms with Crippen molar-refractivity contribution in [2.45, 2.75) is 33.2 Å². The average molecular weight is 342 g/mol. The van der Waals surface area contributed by atoms with Crippen LogP contribution in [0.2, 0.25) is 0 Å². The maximum absolute atomic E-state index is 10.4. The number of amides is 1. The van der Waals surface area contributed by atoms with Crippen molar-refractivity contribution in [1.82, 2.24) is 5.32 Å². The van der Waals surface area contributed by atoms with Crippen LogP contribution < -0.4 is 11.1 Å². The molecule has 0 aliphatic carbocycles. The number of aliphatic imine (C=N–C) groups is 1. The molecule has 0 spiro atoms. The number of nitrogens with two attached hydrogens (primary N) is 1. The zero-order chi connectivity index (χ0) is 17.9. The van der Waals surface area contributed by atoms with E-state index in [2.05, 4.69) is 16.4 Å². The lowest BCUT2D eigenvalue weighted by atomic mass is 10.1. The van der Waals surface area contributed by atoms with E-state index >= 15 is 0 Å². The fourth-order valence-electron chi connectivity index (χ4n) is 2.07. The van der Waals surface area contributed by atoms with Crippen LogP contribution in [0.25, 0.3) is 11.1 Å². The molecule has 0 radical (unpaired) electrons. The predicted molar refractivity (Wildman–Crippen MR) is 99.7 cm³/mol. The number of carbonyl (C=O) groups is 1. The molecule has 1 heterocycles. The van der Waals surface area contributed by atoms with Gasteiger partial charge in [-0.1, -0.05) is 32.9 Å². The number of nitrogens with one attached hydrogen (secondary N) is 1. The fourth-order valence-corrected chi connectivity index (χ4v) is 3.11. The number of thiophene rings is 1. The van der Waals surface area contributed by atoms with Gasteiger partial charge in [0.15, 0.2) is 5.96 Å². The lowest BCUT2D eigenvalue weighted by Crippen LogP contribution is -2.30. The topological polar surface area (TPSA) is 91.3 Å². The summed E-state index contributed by atoms with van der Waals surface area (Å²) >= 11 is 1.59. The molecule has 2 aromatic rings. The molecule has 0 saturated carbocycles. The van der Waals surface area contributed by atoms with Gasteiger partial charge in [-0.3, -0.25) is 10.1 Å². The summed E-state index contributed by atoms with van der Waals surface area (Å²) < 4.78 is 0. The summed E-state index contributed by atoms with van der Waals surface area (Å²) in [5, 5.41) is 13.4. The minimum atomic E-state index is -0.0923. The summed E-state index contributed by atoms with van der Waals surface area (Å²) in [6.07, 6.45) is 1.29. The third-order valence-corrected chi connectivity index (χ3v) is 4.20. The Labute approximate surface area is 146 Å². The minimum absolute atomic E-state index is 0.0923. The van der Waals surface area contributed by atoms with E-state index in [1.165, 1.54) is 0 Å². The largest absolute Gasteiger partial charge is 0.370 e. The molecule has 1 aromatic carbocycles. The van der Waals surface area contributed by atoms with Crippen LogP contribution in [0.4, 0.5) is 0 Å². The molecule has 3 N–H and O–H groups in total. The maximum Gasteiger partial charge on any atom is 0.213 e. The molecule has 0 aliphatic heterocycles. The molecule has 6 heteroatoms. The van der Waals surface area contributed by atoms with Gasteiger partial charge in [-0.15, -0.1) is 11.3 Å². The maximum atomic E-state index is 10.4. The van der Waals surface area contributed by atoms with Crippen LogP contribution in [-0.4, -0.2) is 12.4 Å². The molecule has 24 heavy (non-hydrogen) atoms. The Balaban J connectivity index is 0.00000139. The second-order valence-corrected chi connectivity index (χ2v) is 5.57. The standard InChI is InChI=1S/C16H16N4OS.C2H6/c1-2-14(20-16(18)19-10-21)15-7-13(9-22-15)12-5-3-4-11(6-12)8-17;1-2/h3-7,9-10,14H,2H2,1H3,(H3,18,19,20,21);1-2H3. The van der Waals surface area contributed by atoms with E-state index in [0.29, 0.717) is 12.0 Å². The minimum Gasteiger partial charge on any atom is -0.370 e. The number of benzene rings is 1. The number of rotatable bonds is 5. The first-order valence-electron chi connectivity index (χ1n) is 7.80. The van der Waals surface area contributed by atoms with E-state index in [-0.39, 0.29) is 12.0 Å². The SMILES string of the molecule is CC.CCC(N=C(N)NC=O)c1cc(-c2cccc(C#N)c2)cs1.